The van der Waals surface area contributed by atoms with E-state index in [0.29, 0.717) is 12.4 Å². The van der Waals surface area contributed by atoms with Gasteiger partial charge in [0.25, 0.3) is 0 Å². The van der Waals surface area contributed by atoms with Crippen LogP contribution < -0.4 is 10.2 Å². The molecule has 0 unspecified atom stereocenters. The molecule has 3 aromatic rings. The summed E-state index contributed by atoms with van der Waals surface area (Å²) < 4.78 is 0. The van der Waals surface area contributed by atoms with E-state index in [1.165, 1.54) is 19.3 Å². The van der Waals surface area contributed by atoms with E-state index in [9.17, 15) is 0 Å². The van der Waals surface area contributed by atoms with Crippen LogP contribution in [0.1, 0.15) is 30.7 Å². The number of hydrogen-bond donors (Lipinski definition) is 1. The molecule has 1 N–H and O–H groups in total. The minimum absolute atomic E-state index is 0.610. The van der Waals surface area contributed by atoms with Gasteiger partial charge in [0, 0.05) is 42.6 Å². The summed E-state index contributed by atoms with van der Waals surface area (Å²) in [5.41, 5.74) is 1.92. The van der Waals surface area contributed by atoms with E-state index >= 15 is 0 Å². The van der Waals surface area contributed by atoms with Crippen LogP contribution in [0.2, 0.25) is 0 Å². The van der Waals surface area contributed by atoms with E-state index in [4.69, 9.17) is 4.98 Å². The third-order valence-corrected chi connectivity index (χ3v) is 5.13. The van der Waals surface area contributed by atoms with Gasteiger partial charge >= 0.3 is 0 Å². The summed E-state index contributed by atoms with van der Waals surface area (Å²) in [6.45, 7) is 4.69. The number of aromatic nitrogens is 5. The van der Waals surface area contributed by atoms with Crippen molar-refractivity contribution >= 4 is 23.1 Å². The van der Waals surface area contributed by atoms with Crippen LogP contribution in [-0.4, -0.2) is 38.0 Å². The van der Waals surface area contributed by atoms with Gasteiger partial charge in [0.05, 0.1) is 12.2 Å². The van der Waals surface area contributed by atoms with E-state index in [1.807, 2.05) is 18.4 Å². The molecule has 26 heavy (non-hydrogen) atoms. The van der Waals surface area contributed by atoms with E-state index in [0.717, 1.165) is 41.3 Å². The fraction of sp³-hybridized carbons (Fsp3) is 0.389. The minimum Gasteiger partial charge on any atom is -0.364 e. The van der Waals surface area contributed by atoms with Gasteiger partial charge in [-0.15, -0.1) is 11.3 Å². The minimum atomic E-state index is 0.610. The highest BCUT2D eigenvalue weighted by Gasteiger charge is 2.15. The molecule has 134 valence electrons. The lowest BCUT2D eigenvalue weighted by Gasteiger charge is -2.27. The summed E-state index contributed by atoms with van der Waals surface area (Å²) in [6.07, 6.45) is 7.18. The fourth-order valence-corrected chi connectivity index (χ4v) is 3.72. The van der Waals surface area contributed by atoms with Gasteiger partial charge in [-0.2, -0.15) is 4.98 Å². The Hall–Kier alpha value is -2.61. The number of aryl methyl sites for hydroxylation is 1. The molecule has 8 heteroatoms. The average Bonchev–Trinajstić information content (AvgIpc) is 3.16. The zero-order chi connectivity index (χ0) is 17.8. The number of rotatable bonds is 5. The molecule has 1 aliphatic heterocycles. The van der Waals surface area contributed by atoms with Gasteiger partial charge < -0.3 is 10.2 Å². The molecule has 0 aliphatic carbocycles. The van der Waals surface area contributed by atoms with Crippen molar-refractivity contribution < 1.29 is 0 Å². The molecule has 0 bridgehead atoms. The number of thiazole rings is 1. The highest BCUT2D eigenvalue weighted by molar-refractivity contribution is 7.13. The predicted octanol–water partition coefficient (Wildman–Crippen LogP) is 3.30. The predicted molar refractivity (Wildman–Crippen MR) is 103 cm³/mol. The summed E-state index contributed by atoms with van der Waals surface area (Å²) >= 11 is 1.55. The summed E-state index contributed by atoms with van der Waals surface area (Å²) in [5.74, 6) is 2.32. The molecule has 0 atom stereocenters. The van der Waals surface area contributed by atoms with Gasteiger partial charge in [-0.3, -0.25) is 0 Å². The van der Waals surface area contributed by atoms with Gasteiger partial charge in [0.1, 0.15) is 5.82 Å². The first-order valence-corrected chi connectivity index (χ1v) is 9.72. The van der Waals surface area contributed by atoms with Crippen molar-refractivity contribution in [3.8, 4) is 10.8 Å². The van der Waals surface area contributed by atoms with E-state index in [-0.39, 0.29) is 0 Å². The topological polar surface area (TPSA) is 79.7 Å². The average molecular weight is 367 g/mol. The second-order valence-electron chi connectivity index (χ2n) is 6.31. The van der Waals surface area contributed by atoms with Crippen LogP contribution in [-0.2, 0) is 6.54 Å². The SMILES string of the molecule is Cc1cc(NCc2csc(-c3ncccn3)n2)nc(N2CCCCC2)n1. The number of nitrogens with one attached hydrogen (secondary N) is 1. The van der Waals surface area contributed by atoms with Crippen LogP contribution >= 0.6 is 11.3 Å². The first-order chi connectivity index (χ1) is 12.8. The Balaban J connectivity index is 1.45. The van der Waals surface area contributed by atoms with Crippen LogP contribution in [0.4, 0.5) is 11.8 Å². The molecule has 0 amide bonds. The second-order valence-corrected chi connectivity index (χ2v) is 7.17. The zero-order valence-corrected chi connectivity index (χ0v) is 15.5. The van der Waals surface area contributed by atoms with Crippen LogP contribution in [0.25, 0.3) is 10.8 Å². The van der Waals surface area contributed by atoms with Crippen LogP contribution in [0, 0.1) is 6.92 Å². The second kappa shape index (κ2) is 7.74. The third kappa shape index (κ3) is 3.96. The Labute approximate surface area is 156 Å². The molecule has 4 rings (SSSR count). The number of piperidine rings is 1. The summed E-state index contributed by atoms with van der Waals surface area (Å²) in [4.78, 5) is 24.7. The van der Waals surface area contributed by atoms with Crippen molar-refractivity contribution in [2.24, 2.45) is 0 Å². The summed E-state index contributed by atoms with van der Waals surface area (Å²) in [7, 11) is 0. The number of nitrogens with zero attached hydrogens (tertiary/aromatic N) is 6. The molecule has 7 nitrogen and oxygen atoms in total. The van der Waals surface area contributed by atoms with Crippen LogP contribution in [0.3, 0.4) is 0 Å². The first kappa shape index (κ1) is 16.8. The number of hydrogen-bond acceptors (Lipinski definition) is 8. The maximum atomic E-state index is 4.69. The molecule has 0 aromatic carbocycles. The molecule has 0 radical (unpaired) electrons. The summed E-state index contributed by atoms with van der Waals surface area (Å²) in [6, 6.07) is 3.78. The molecular formula is C18H21N7S. The normalized spacial score (nSPS) is 14.4. The van der Waals surface area contributed by atoms with Crippen LogP contribution in [0.15, 0.2) is 29.9 Å². The lowest BCUT2D eigenvalue weighted by molar-refractivity contribution is 0.568. The standard InChI is InChI=1S/C18H21N7S/c1-13-10-15(24-18(22-13)25-8-3-2-4-9-25)21-11-14-12-26-17(23-14)16-19-6-5-7-20-16/h5-7,10,12H,2-4,8-9,11H2,1H3,(H,21,22,24). The van der Waals surface area contributed by atoms with Gasteiger partial charge in [0.2, 0.25) is 5.95 Å². The Kier molecular flexibility index (Phi) is 5.01. The van der Waals surface area contributed by atoms with Crippen molar-refractivity contribution in [1.82, 2.24) is 24.9 Å². The lowest BCUT2D eigenvalue weighted by Crippen LogP contribution is -2.31. The molecular weight excluding hydrogens is 346 g/mol. The third-order valence-electron chi connectivity index (χ3n) is 4.24. The molecule has 0 spiro atoms. The zero-order valence-electron chi connectivity index (χ0n) is 14.7. The molecule has 1 aliphatic rings. The van der Waals surface area contributed by atoms with Gasteiger partial charge in [-0.05, 0) is 32.3 Å². The highest BCUT2D eigenvalue weighted by Crippen LogP contribution is 2.21. The lowest BCUT2D eigenvalue weighted by atomic mass is 10.1. The Bertz CT molecular complexity index is 859. The maximum Gasteiger partial charge on any atom is 0.227 e. The highest BCUT2D eigenvalue weighted by atomic mass is 32.1. The molecule has 1 saturated heterocycles. The Morgan fingerprint density at radius 3 is 2.69 bits per heavy atom. The van der Waals surface area contributed by atoms with Crippen molar-refractivity contribution in [2.75, 3.05) is 23.3 Å². The maximum absolute atomic E-state index is 4.69. The van der Waals surface area contributed by atoms with Gasteiger partial charge in [0.15, 0.2) is 10.8 Å². The van der Waals surface area contributed by atoms with E-state index in [1.54, 1.807) is 29.8 Å². The van der Waals surface area contributed by atoms with Crippen molar-refractivity contribution in [3.05, 3.63) is 41.3 Å². The quantitative estimate of drug-likeness (QED) is 0.741. The summed E-state index contributed by atoms with van der Waals surface area (Å²) in [5, 5.41) is 6.23. The van der Waals surface area contributed by atoms with Crippen molar-refractivity contribution in [1.29, 1.82) is 0 Å². The van der Waals surface area contributed by atoms with Crippen molar-refractivity contribution in [2.45, 2.75) is 32.7 Å². The smallest absolute Gasteiger partial charge is 0.227 e. The Morgan fingerprint density at radius 1 is 1.08 bits per heavy atom. The van der Waals surface area contributed by atoms with E-state index in [2.05, 4.69) is 30.2 Å². The number of anilines is 2. The van der Waals surface area contributed by atoms with Crippen LogP contribution in [0.5, 0.6) is 0 Å². The molecule has 1 fully saturated rings. The van der Waals surface area contributed by atoms with Crippen molar-refractivity contribution in [3.63, 3.8) is 0 Å². The largest absolute Gasteiger partial charge is 0.364 e. The molecule has 4 heterocycles. The molecule has 3 aromatic heterocycles. The fourth-order valence-electron chi connectivity index (χ4n) is 2.96. The first-order valence-electron chi connectivity index (χ1n) is 8.84. The Morgan fingerprint density at radius 2 is 1.88 bits per heavy atom. The molecule has 0 saturated carbocycles. The van der Waals surface area contributed by atoms with Gasteiger partial charge in [-0.25, -0.2) is 19.9 Å². The monoisotopic (exact) mass is 367 g/mol. The van der Waals surface area contributed by atoms with Gasteiger partial charge in [-0.1, -0.05) is 0 Å². The van der Waals surface area contributed by atoms with E-state index < -0.39 is 0 Å².